The first-order chi connectivity index (χ1) is 11.5. The zero-order chi connectivity index (χ0) is 17.1. The number of ether oxygens (including phenoxy) is 2. The van der Waals surface area contributed by atoms with Gasteiger partial charge in [-0.3, -0.25) is 4.79 Å². The molecule has 2 aliphatic rings. The van der Waals surface area contributed by atoms with E-state index in [1.54, 1.807) is 0 Å². The van der Waals surface area contributed by atoms with Gasteiger partial charge in [-0.25, -0.2) is 4.79 Å². The highest BCUT2D eigenvalue weighted by Gasteiger charge is 2.39. The van der Waals surface area contributed by atoms with E-state index in [9.17, 15) is 9.59 Å². The fraction of sp³-hybridized carbons (Fsp3) is 0.444. The summed E-state index contributed by atoms with van der Waals surface area (Å²) in [5, 5.41) is 5.37. The van der Waals surface area contributed by atoms with Crippen molar-refractivity contribution in [1.82, 2.24) is 10.6 Å². The van der Waals surface area contributed by atoms with Crippen LogP contribution in [0, 0.1) is 12.8 Å². The van der Waals surface area contributed by atoms with Gasteiger partial charge in [-0.2, -0.15) is 0 Å². The van der Waals surface area contributed by atoms with Crippen LogP contribution in [0.4, 0.5) is 4.79 Å². The molecule has 0 bridgehead atoms. The van der Waals surface area contributed by atoms with Gasteiger partial charge in [-0.1, -0.05) is 36.4 Å². The van der Waals surface area contributed by atoms with Gasteiger partial charge in [0, 0.05) is 12.3 Å². The zero-order valence-electron chi connectivity index (χ0n) is 13.7. The lowest BCUT2D eigenvalue weighted by Crippen LogP contribution is -2.51. The van der Waals surface area contributed by atoms with Gasteiger partial charge in [0.15, 0.2) is 0 Å². The van der Waals surface area contributed by atoms with Crippen molar-refractivity contribution in [3.63, 3.8) is 0 Å². The lowest BCUT2D eigenvalue weighted by molar-refractivity contribution is -0.151. The lowest BCUT2D eigenvalue weighted by atomic mass is 9.89. The predicted octanol–water partition coefficient (Wildman–Crippen LogP) is 2.20. The van der Waals surface area contributed by atoms with Crippen molar-refractivity contribution < 1.29 is 19.1 Å². The lowest BCUT2D eigenvalue weighted by Gasteiger charge is -2.33. The molecule has 2 amide bonds. The van der Waals surface area contributed by atoms with Crippen LogP contribution in [0.15, 0.2) is 36.5 Å². The average molecular weight is 330 g/mol. The molecule has 3 rings (SSSR count). The number of hydrogen-bond donors (Lipinski definition) is 2. The maximum atomic E-state index is 12.6. The maximum Gasteiger partial charge on any atom is 0.319 e. The second kappa shape index (κ2) is 7.05. The number of hydrogen-bond acceptors (Lipinski definition) is 4. The number of carbonyl (C=O) groups is 2. The molecule has 3 atom stereocenters. The molecule has 2 N–H and O–H groups in total. The van der Waals surface area contributed by atoms with E-state index in [1.165, 1.54) is 0 Å². The molecule has 2 saturated heterocycles. The van der Waals surface area contributed by atoms with E-state index >= 15 is 0 Å². The van der Waals surface area contributed by atoms with Crippen LogP contribution in [0.3, 0.4) is 0 Å². The molecule has 0 radical (unpaired) electrons. The van der Waals surface area contributed by atoms with E-state index in [-0.39, 0.29) is 18.7 Å². The molecule has 0 spiro atoms. The summed E-state index contributed by atoms with van der Waals surface area (Å²) in [5.74, 6) is -1.08. The van der Waals surface area contributed by atoms with E-state index < -0.39 is 17.9 Å². The zero-order valence-corrected chi connectivity index (χ0v) is 13.7. The molecule has 2 aliphatic heterocycles. The molecule has 3 unspecified atom stereocenters. The molecule has 6 heteroatoms. The third-order valence-electron chi connectivity index (χ3n) is 4.40. The number of esters is 1. The van der Waals surface area contributed by atoms with Gasteiger partial charge < -0.3 is 20.1 Å². The summed E-state index contributed by atoms with van der Waals surface area (Å²) >= 11 is 0. The standard InChI is InChI=1S/C18H22N2O4/c1-11-5-7-13(8-6-11)16-15(12(2)19-18(22)20-16)17(21)24-10-14-4-3-9-23-14/h5-8,14-16H,2-4,9-10H2,1H3,(H2,19,20,22). The third kappa shape index (κ3) is 3.59. The van der Waals surface area contributed by atoms with Crippen LogP contribution in [-0.2, 0) is 14.3 Å². The number of urea groups is 1. The Kier molecular flexibility index (Phi) is 4.85. The second-order valence-electron chi connectivity index (χ2n) is 6.25. The van der Waals surface area contributed by atoms with Gasteiger partial charge in [0.05, 0.1) is 12.1 Å². The van der Waals surface area contributed by atoms with Crippen LogP contribution in [-0.4, -0.2) is 31.3 Å². The predicted molar refractivity (Wildman–Crippen MR) is 88.2 cm³/mol. The molecule has 0 saturated carbocycles. The Bertz CT molecular complexity index is 635. The maximum absolute atomic E-state index is 12.6. The minimum atomic E-state index is -0.674. The molecule has 1 aromatic carbocycles. The van der Waals surface area contributed by atoms with Crippen molar-refractivity contribution >= 4 is 12.0 Å². The molecule has 2 heterocycles. The summed E-state index contributed by atoms with van der Waals surface area (Å²) in [5.41, 5.74) is 2.30. The Balaban J connectivity index is 1.75. The monoisotopic (exact) mass is 330 g/mol. The molecular weight excluding hydrogens is 308 g/mol. The van der Waals surface area contributed by atoms with Gasteiger partial charge in [-0.05, 0) is 25.3 Å². The van der Waals surface area contributed by atoms with Gasteiger partial charge in [0.1, 0.15) is 12.5 Å². The minimum Gasteiger partial charge on any atom is -0.462 e. The van der Waals surface area contributed by atoms with Crippen molar-refractivity contribution in [3.05, 3.63) is 47.7 Å². The smallest absolute Gasteiger partial charge is 0.319 e. The largest absolute Gasteiger partial charge is 0.462 e. The molecule has 1 aromatic rings. The summed E-state index contributed by atoms with van der Waals surface area (Å²) in [6, 6.07) is 6.83. The first-order valence-electron chi connectivity index (χ1n) is 8.15. The van der Waals surface area contributed by atoms with Gasteiger partial charge in [0.2, 0.25) is 0 Å². The van der Waals surface area contributed by atoms with Gasteiger partial charge >= 0.3 is 12.0 Å². The minimum absolute atomic E-state index is 0.0359. The van der Waals surface area contributed by atoms with Gasteiger partial charge in [0.25, 0.3) is 0 Å². The van der Waals surface area contributed by atoms with E-state index in [0.717, 1.165) is 24.0 Å². The highest BCUT2D eigenvalue weighted by atomic mass is 16.6. The van der Waals surface area contributed by atoms with Gasteiger partial charge in [-0.15, -0.1) is 0 Å². The average Bonchev–Trinajstić information content (AvgIpc) is 3.06. The van der Waals surface area contributed by atoms with Crippen LogP contribution in [0.25, 0.3) is 0 Å². The molecule has 2 fully saturated rings. The summed E-state index contributed by atoms with van der Waals surface area (Å²) in [6.07, 6.45) is 1.85. The summed E-state index contributed by atoms with van der Waals surface area (Å²) < 4.78 is 10.9. The number of amides is 2. The summed E-state index contributed by atoms with van der Waals surface area (Å²) in [6.45, 7) is 6.76. The van der Waals surface area contributed by atoms with E-state index in [4.69, 9.17) is 9.47 Å². The summed E-state index contributed by atoms with van der Waals surface area (Å²) in [7, 11) is 0. The van der Waals surface area contributed by atoms with Crippen molar-refractivity contribution in [1.29, 1.82) is 0 Å². The molecular formula is C18H22N2O4. The van der Waals surface area contributed by atoms with E-state index in [1.807, 2.05) is 31.2 Å². The first kappa shape index (κ1) is 16.5. The number of benzene rings is 1. The fourth-order valence-corrected chi connectivity index (χ4v) is 3.05. The van der Waals surface area contributed by atoms with Crippen LogP contribution in [0.5, 0.6) is 0 Å². The number of rotatable bonds is 4. The molecule has 24 heavy (non-hydrogen) atoms. The van der Waals surface area contributed by atoms with Crippen LogP contribution >= 0.6 is 0 Å². The molecule has 128 valence electrons. The number of aryl methyl sites for hydroxylation is 1. The van der Waals surface area contributed by atoms with E-state index in [2.05, 4.69) is 17.2 Å². The normalized spacial score (nSPS) is 26.6. The highest BCUT2D eigenvalue weighted by molar-refractivity contribution is 5.85. The van der Waals surface area contributed by atoms with Crippen LogP contribution in [0.2, 0.25) is 0 Å². The first-order valence-corrected chi connectivity index (χ1v) is 8.15. The fourth-order valence-electron chi connectivity index (χ4n) is 3.05. The number of nitrogens with one attached hydrogen (secondary N) is 2. The molecule has 6 nitrogen and oxygen atoms in total. The highest BCUT2D eigenvalue weighted by Crippen LogP contribution is 2.30. The molecule has 0 aliphatic carbocycles. The van der Waals surface area contributed by atoms with Crippen LogP contribution in [0.1, 0.15) is 30.0 Å². The summed E-state index contributed by atoms with van der Waals surface area (Å²) in [4.78, 5) is 24.4. The SMILES string of the molecule is C=C1NC(=O)NC(c2ccc(C)cc2)C1C(=O)OCC1CCCO1. The Hall–Kier alpha value is -2.34. The number of carbonyl (C=O) groups excluding carboxylic acids is 2. The van der Waals surface area contributed by atoms with Crippen molar-refractivity contribution in [2.75, 3.05) is 13.2 Å². The Morgan fingerprint density at radius 3 is 2.79 bits per heavy atom. The Morgan fingerprint density at radius 1 is 1.38 bits per heavy atom. The quantitative estimate of drug-likeness (QED) is 0.830. The van der Waals surface area contributed by atoms with Crippen molar-refractivity contribution in [2.24, 2.45) is 5.92 Å². The second-order valence-corrected chi connectivity index (χ2v) is 6.25. The van der Waals surface area contributed by atoms with Crippen molar-refractivity contribution in [3.8, 4) is 0 Å². The topological polar surface area (TPSA) is 76.7 Å². The Morgan fingerprint density at radius 2 is 2.12 bits per heavy atom. The molecule has 0 aromatic heterocycles. The van der Waals surface area contributed by atoms with Crippen molar-refractivity contribution in [2.45, 2.75) is 31.9 Å². The van der Waals surface area contributed by atoms with E-state index in [0.29, 0.717) is 12.3 Å². The third-order valence-corrected chi connectivity index (χ3v) is 4.40. The Labute approximate surface area is 141 Å². The van der Waals surface area contributed by atoms with Crippen LogP contribution < -0.4 is 10.6 Å².